The largest absolute Gasteiger partial charge is 0.379 e. The van der Waals surface area contributed by atoms with Crippen molar-refractivity contribution in [2.75, 3.05) is 26.4 Å². The zero-order chi connectivity index (χ0) is 17.1. The number of hydrogen-bond acceptors (Lipinski definition) is 4. The first-order valence-corrected chi connectivity index (χ1v) is 9.91. The quantitative estimate of drug-likeness (QED) is 0.506. The summed E-state index contributed by atoms with van der Waals surface area (Å²) in [6, 6.07) is 0. The second-order valence-electron chi connectivity index (χ2n) is 7.06. The number of halogens is 1. The lowest BCUT2D eigenvalue weighted by atomic mass is 10.1. The Bertz CT molecular complexity index is 318. The van der Waals surface area contributed by atoms with E-state index in [4.69, 9.17) is 18.9 Å². The molecule has 0 amide bonds. The topological polar surface area (TPSA) is 36.9 Å². The fraction of sp³-hybridized carbons (Fsp3) is 1.00. The zero-order valence-electron chi connectivity index (χ0n) is 15.3. The molecule has 4 nitrogen and oxygen atoms in total. The summed E-state index contributed by atoms with van der Waals surface area (Å²) in [5.41, 5.74) is 0. The van der Waals surface area contributed by atoms with Crippen molar-refractivity contribution in [1.29, 1.82) is 0 Å². The zero-order valence-corrected chi connectivity index (χ0v) is 15.3. The van der Waals surface area contributed by atoms with Crippen LogP contribution in [0.3, 0.4) is 0 Å². The monoisotopic (exact) mass is 346 g/mol. The van der Waals surface area contributed by atoms with Crippen LogP contribution in [0.5, 0.6) is 0 Å². The van der Waals surface area contributed by atoms with E-state index in [9.17, 15) is 4.39 Å². The summed E-state index contributed by atoms with van der Waals surface area (Å²) in [5, 5.41) is 0. The van der Waals surface area contributed by atoms with Crippen LogP contribution >= 0.6 is 0 Å². The predicted octanol–water partition coefficient (Wildman–Crippen LogP) is 4.75. The molecule has 3 unspecified atom stereocenters. The lowest BCUT2D eigenvalue weighted by molar-refractivity contribution is -0.337. The Morgan fingerprint density at radius 2 is 1.96 bits per heavy atom. The molecule has 24 heavy (non-hydrogen) atoms. The molecule has 2 heterocycles. The van der Waals surface area contributed by atoms with Crippen LogP contribution in [0.15, 0.2) is 0 Å². The van der Waals surface area contributed by atoms with Crippen molar-refractivity contribution in [3.8, 4) is 0 Å². The van der Waals surface area contributed by atoms with E-state index < -0.39 is 12.1 Å². The molecule has 3 atom stereocenters. The summed E-state index contributed by atoms with van der Waals surface area (Å²) >= 11 is 0. The van der Waals surface area contributed by atoms with E-state index in [1.807, 2.05) is 0 Å². The Morgan fingerprint density at radius 1 is 1.08 bits per heavy atom. The smallest absolute Gasteiger partial charge is 0.283 e. The molecule has 2 saturated heterocycles. The minimum atomic E-state index is -0.842. The molecule has 0 aromatic heterocycles. The molecule has 2 fully saturated rings. The van der Waals surface area contributed by atoms with Crippen LogP contribution in [0.4, 0.5) is 4.39 Å². The Morgan fingerprint density at radius 3 is 2.83 bits per heavy atom. The highest BCUT2D eigenvalue weighted by atomic mass is 19.1. The van der Waals surface area contributed by atoms with Crippen LogP contribution in [0.2, 0.25) is 0 Å². The molecule has 0 N–H and O–H groups in total. The van der Waals surface area contributed by atoms with Crippen molar-refractivity contribution < 1.29 is 23.3 Å². The average molecular weight is 346 g/mol. The van der Waals surface area contributed by atoms with Gasteiger partial charge in [0, 0.05) is 19.4 Å². The maximum absolute atomic E-state index is 13.8. The third-order valence-corrected chi connectivity index (χ3v) is 4.78. The lowest BCUT2D eigenvalue weighted by Gasteiger charge is -2.25. The highest BCUT2D eigenvalue weighted by Gasteiger charge is 2.43. The Kier molecular flexibility index (Phi) is 9.54. The Balaban J connectivity index is 1.49. The lowest BCUT2D eigenvalue weighted by Crippen LogP contribution is -2.34. The number of hydrogen-bond donors (Lipinski definition) is 0. The third-order valence-electron chi connectivity index (χ3n) is 4.78. The summed E-state index contributed by atoms with van der Waals surface area (Å²) in [5.74, 6) is -0.842. The molecule has 0 aliphatic carbocycles. The van der Waals surface area contributed by atoms with Crippen LogP contribution in [-0.2, 0) is 18.9 Å². The molecule has 0 aromatic carbocycles. The molecule has 0 radical (unpaired) electrons. The van der Waals surface area contributed by atoms with Crippen molar-refractivity contribution in [2.24, 2.45) is 0 Å². The SMILES string of the molecule is CCCCCCCC(F)CCOCC1COC2(CCCCCO2)O1. The Hall–Kier alpha value is -0.230. The van der Waals surface area contributed by atoms with Crippen molar-refractivity contribution in [3.05, 3.63) is 0 Å². The molecule has 1 spiro atoms. The van der Waals surface area contributed by atoms with E-state index in [2.05, 4.69) is 6.92 Å². The van der Waals surface area contributed by atoms with Gasteiger partial charge in [0.05, 0.1) is 19.8 Å². The van der Waals surface area contributed by atoms with E-state index in [0.29, 0.717) is 39.3 Å². The second kappa shape index (κ2) is 11.4. The van der Waals surface area contributed by atoms with Gasteiger partial charge in [0.2, 0.25) is 0 Å². The van der Waals surface area contributed by atoms with Gasteiger partial charge in [-0.2, -0.15) is 0 Å². The van der Waals surface area contributed by atoms with Crippen LogP contribution in [0.25, 0.3) is 0 Å². The molecule has 2 aliphatic heterocycles. The maximum atomic E-state index is 13.8. The first-order valence-electron chi connectivity index (χ1n) is 9.91. The number of rotatable bonds is 11. The first kappa shape index (κ1) is 20.1. The minimum Gasteiger partial charge on any atom is -0.379 e. The van der Waals surface area contributed by atoms with Gasteiger partial charge in [0.1, 0.15) is 12.3 Å². The van der Waals surface area contributed by atoms with E-state index in [0.717, 1.165) is 38.5 Å². The molecule has 0 aromatic rings. The molecule has 5 heteroatoms. The molecule has 142 valence electrons. The molecular formula is C19H35FO4. The first-order chi connectivity index (χ1) is 11.7. The van der Waals surface area contributed by atoms with Crippen LogP contribution in [-0.4, -0.2) is 44.7 Å². The summed E-state index contributed by atoms with van der Waals surface area (Å²) in [4.78, 5) is 0. The second-order valence-corrected chi connectivity index (χ2v) is 7.06. The van der Waals surface area contributed by atoms with Crippen LogP contribution in [0.1, 0.15) is 77.6 Å². The molecule has 0 bridgehead atoms. The van der Waals surface area contributed by atoms with Gasteiger partial charge in [0.25, 0.3) is 5.97 Å². The van der Waals surface area contributed by atoms with Gasteiger partial charge in [-0.25, -0.2) is 4.39 Å². The molecule has 2 rings (SSSR count). The highest BCUT2D eigenvalue weighted by Crippen LogP contribution is 2.33. The number of alkyl halides is 1. The van der Waals surface area contributed by atoms with Crippen molar-refractivity contribution in [3.63, 3.8) is 0 Å². The fourth-order valence-electron chi connectivity index (χ4n) is 3.29. The predicted molar refractivity (Wildman–Crippen MR) is 91.7 cm³/mol. The molecule has 2 aliphatic rings. The maximum Gasteiger partial charge on any atom is 0.283 e. The fourth-order valence-corrected chi connectivity index (χ4v) is 3.29. The Labute approximate surface area is 146 Å². The van der Waals surface area contributed by atoms with Gasteiger partial charge in [-0.15, -0.1) is 0 Å². The van der Waals surface area contributed by atoms with Crippen molar-refractivity contribution >= 4 is 0 Å². The average Bonchev–Trinajstić information content (AvgIpc) is 2.83. The summed E-state index contributed by atoms with van der Waals surface area (Å²) in [6.45, 7) is 4.28. The molecular weight excluding hydrogens is 311 g/mol. The van der Waals surface area contributed by atoms with Gasteiger partial charge >= 0.3 is 0 Å². The van der Waals surface area contributed by atoms with Crippen LogP contribution in [0, 0.1) is 0 Å². The number of ether oxygens (including phenoxy) is 4. The van der Waals surface area contributed by atoms with Gasteiger partial charge in [-0.3, -0.25) is 0 Å². The van der Waals surface area contributed by atoms with Gasteiger partial charge in [0.15, 0.2) is 0 Å². The summed E-state index contributed by atoms with van der Waals surface area (Å²) < 4.78 is 36.8. The van der Waals surface area contributed by atoms with Gasteiger partial charge < -0.3 is 18.9 Å². The number of unbranched alkanes of at least 4 members (excludes halogenated alkanes) is 4. The van der Waals surface area contributed by atoms with Crippen molar-refractivity contribution in [2.45, 2.75) is 95.8 Å². The van der Waals surface area contributed by atoms with E-state index in [1.54, 1.807) is 0 Å². The highest BCUT2D eigenvalue weighted by molar-refractivity contribution is 4.73. The molecule has 0 saturated carbocycles. The third kappa shape index (κ3) is 7.34. The van der Waals surface area contributed by atoms with Gasteiger partial charge in [-0.05, 0) is 19.3 Å². The van der Waals surface area contributed by atoms with Gasteiger partial charge in [-0.1, -0.05) is 45.4 Å². The van der Waals surface area contributed by atoms with E-state index in [1.165, 1.54) is 19.3 Å². The standard InChI is InChI=1S/C19H35FO4/c1-2-3-4-5-7-10-17(20)11-14-21-15-18-16-23-19(24-18)12-8-6-9-13-22-19/h17-18H,2-16H2,1H3. The van der Waals surface area contributed by atoms with Crippen LogP contribution < -0.4 is 0 Å². The minimum absolute atomic E-state index is 0.102. The van der Waals surface area contributed by atoms with E-state index >= 15 is 0 Å². The van der Waals surface area contributed by atoms with Crippen molar-refractivity contribution in [1.82, 2.24) is 0 Å². The summed E-state index contributed by atoms with van der Waals surface area (Å²) in [7, 11) is 0. The normalized spacial score (nSPS) is 29.0. The summed E-state index contributed by atoms with van der Waals surface area (Å²) in [6.07, 6.45) is 10.2. The van der Waals surface area contributed by atoms with E-state index in [-0.39, 0.29) is 6.10 Å².